The van der Waals surface area contributed by atoms with Crippen molar-refractivity contribution in [3.63, 3.8) is 0 Å². The van der Waals surface area contributed by atoms with Gasteiger partial charge in [0.1, 0.15) is 11.6 Å². The number of β-amino-alcohol motifs (C(OH)–C–C–N with tert-alkyl or cyclic N) is 1. The van der Waals surface area contributed by atoms with Crippen LogP contribution in [0.25, 0.3) is 0 Å². The molecule has 25 heavy (non-hydrogen) atoms. The number of benzene rings is 1. The van der Waals surface area contributed by atoms with Crippen molar-refractivity contribution in [3.05, 3.63) is 52.9 Å². The van der Waals surface area contributed by atoms with Gasteiger partial charge in [0.05, 0.1) is 29.6 Å². The van der Waals surface area contributed by atoms with Crippen LogP contribution in [0.3, 0.4) is 0 Å². The Morgan fingerprint density at radius 1 is 1.28 bits per heavy atom. The third kappa shape index (κ3) is 2.82. The molecule has 3 heterocycles. The Balaban J connectivity index is 1.69. The molecule has 1 aromatic carbocycles. The zero-order valence-corrected chi connectivity index (χ0v) is 13.7. The maximum absolute atomic E-state index is 14.2. The molecule has 2 atom stereocenters. The Bertz CT molecular complexity index is 821. The molecular formula is C18H19F2N3O2. The lowest BCUT2D eigenvalue weighted by molar-refractivity contribution is 0.0712. The van der Waals surface area contributed by atoms with Crippen LogP contribution in [0.4, 0.5) is 8.78 Å². The second kappa shape index (κ2) is 6.22. The van der Waals surface area contributed by atoms with Crippen molar-refractivity contribution in [2.45, 2.75) is 44.4 Å². The summed E-state index contributed by atoms with van der Waals surface area (Å²) < 4.78 is 29.6. The Labute approximate surface area is 143 Å². The van der Waals surface area contributed by atoms with Gasteiger partial charge in [0.15, 0.2) is 0 Å². The quantitative estimate of drug-likeness (QED) is 0.908. The lowest BCUT2D eigenvalue weighted by Crippen LogP contribution is -2.33. The summed E-state index contributed by atoms with van der Waals surface area (Å²) in [6.45, 7) is 0.886. The number of carbonyl (C=O) groups is 1. The number of aromatic nitrogens is 2. The molecule has 1 saturated heterocycles. The van der Waals surface area contributed by atoms with Gasteiger partial charge in [-0.25, -0.2) is 8.78 Å². The van der Waals surface area contributed by atoms with Gasteiger partial charge in [-0.15, -0.1) is 0 Å². The van der Waals surface area contributed by atoms with Crippen molar-refractivity contribution in [3.8, 4) is 0 Å². The third-order valence-electron chi connectivity index (χ3n) is 5.07. The van der Waals surface area contributed by atoms with E-state index in [4.69, 9.17) is 0 Å². The summed E-state index contributed by atoms with van der Waals surface area (Å²) in [5.74, 6) is -1.42. The van der Waals surface area contributed by atoms with Crippen LogP contribution >= 0.6 is 0 Å². The van der Waals surface area contributed by atoms with Crippen LogP contribution in [0.1, 0.15) is 46.9 Å². The van der Waals surface area contributed by atoms with Crippen molar-refractivity contribution >= 4 is 5.91 Å². The van der Waals surface area contributed by atoms with E-state index >= 15 is 0 Å². The number of fused-ring (bicyclic) bond motifs is 1. The molecule has 7 heteroatoms. The van der Waals surface area contributed by atoms with E-state index in [1.165, 1.54) is 4.90 Å². The molecule has 2 aliphatic rings. The predicted octanol–water partition coefficient (Wildman–Crippen LogP) is 2.45. The van der Waals surface area contributed by atoms with E-state index in [1.54, 1.807) is 6.20 Å². The summed E-state index contributed by atoms with van der Waals surface area (Å²) >= 11 is 0. The fraction of sp³-hybridized carbons (Fsp3) is 0.444. The van der Waals surface area contributed by atoms with E-state index in [0.29, 0.717) is 5.56 Å². The molecule has 0 radical (unpaired) electrons. The molecule has 0 bridgehead atoms. The number of nitrogens with zero attached hydrogens (tertiary/aromatic N) is 3. The standard InChI is InChI=1S/C18H19F2N3O2/c19-11-4-5-15(20)13(7-11)17-8-12(24)10-22(17)18(25)14-9-21-23-6-2-1-3-16(14)23/h4-5,7,9,12,17,24H,1-3,6,8,10H2/t12-,17+/m1/s1. The first-order valence-electron chi connectivity index (χ1n) is 8.53. The number of hydrogen-bond donors (Lipinski definition) is 1. The minimum atomic E-state index is -0.761. The van der Waals surface area contributed by atoms with Gasteiger partial charge in [0.2, 0.25) is 0 Å². The second-order valence-electron chi connectivity index (χ2n) is 6.71. The number of halogens is 2. The van der Waals surface area contributed by atoms with E-state index in [0.717, 1.165) is 49.7 Å². The number of hydrogen-bond acceptors (Lipinski definition) is 3. The molecular weight excluding hydrogens is 328 g/mol. The van der Waals surface area contributed by atoms with Gasteiger partial charge in [-0.1, -0.05) is 0 Å². The Hall–Kier alpha value is -2.28. The lowest BCUT2D eigenvalue weighted by Gasteiger charge is -2.25. The summed E-state index contributed by atoms with van der Waals surface area (Å²) in [6, 6.07) is 2.52. The average molecular weight is 347 g/mol. The molecule has 2 aliphatic heterocycles. The van der Waals surface area contributed by atoms with Gasteiger partial charge in [-0.05, 0) is 43.9 Å². The molecule has 1 N–H and O–H groups in total. The molecule has 0 saturated carbocycles. The fourth-order valence-electron chi connectivity index (χ4n) is 3.86. The van der Waals surface area contributed by atoms with Gasteiger partial charge < -0.3 is 10.0 Å². The van der Waals surface area contributed by atoms with Crippen molar-refractivity contribution in [1.82, 2.24) is 14.7 Å². The van der Waals surface area contributed by atoms with Crippen LogP contribution in [0.5, 0.6) is 0 Å². The number of aliphatic hydroxyl groups excluding tert-OH is 1. The van der Waals surface area contributed by atoms with Crippen molar-refractivity contribution < 1.29 is 18.7 Å². The highest BCUT2D eigenvalue weighted by atomic mass is 19.1. The predicted molar refractivity (Wildman–Crippen MR) is 85.9 cm³/mol. The van der Waals surface area contributed by atoms with E-state index in [1.807, 2.05) is 4.68 Å². The van der Waals surface area contributed by atoms with E-state index in [2.05, 4.69) is 5.10 Å². The normalized spacial score (nSPS) is 22.9. The number of likely N-dealkylation sites (tertiary alicyclic amines) is 1. The van der Waals surface area contributed by atoms with E-state index in [-0.39, 0.29) is 24.4 Å². The van der Waals surface area contributed by atoms with Gasteiger partial charge in [0.25, 0.3) is 5.91 Å². The molecule has 0 spiro atoms. The second-order valence-corrected chi connectivity index (χ2v) is 6.71. The van der Waals surface area contributed by atoms with E-state index < -0.39 is 23.8 Å². The molecule has 1 amide bonds. The Morgan fingerprint density at radius 2 is 2.12 bits per heavy atom. The van der Waals surface area contributed by atoms with Crippen molar-refractivity contribution in [2.24, 2.45) is 0 Å². The van der Waals surface area contributed by atoms with Crippen molar-refractivity contribution in [2.75, 3.05) is 6.54 Å². The monoisotopic (exact) mass is 347 g/mol. The largest absolute Gasteiger partial charge is 0.391 e. The third-order valence-corrected chi connectivity index (χ3v) is 5.07. The van der Waals surface area contributed by atoms with Crippen LogP contribution in [0, 0.1) is 11.6 Å². The fourth-order valence-corrected chi connectivity index (χ4v) is 3.86. The first-order chi connectivity index (χ1) is 12.0. The SMILES string of the molecule is O=C(c1cnn2c1CCCC2)N1C[C@H](O)C[C@H]1c1cc(F)ccc1F. The molecule has 0 aliphatic carbocycles. The number of rotatable bonds is 2. The van der Waals surface area contributed by atoms with Gasteiger partial charge >= 0.3 is 0 Å². The molecule has 1 aromatic heterocycles. The highest BCUT2D eigenvalue weighted by molar-refractivity contribution is 5.95. The highest BCUT2D eigenvalue weighted by Gasteiger charge is 2.38. The first kappa shape index (κ1) is 16.2. The summed E-state index contributed by atoms with van der Waals surface area (Å²) in [7, 11) is 0. The molecule has 1 fully saturated rings. The lowest BCUT2D eigenvalue weighted by atomic mass is 10.0. The van der Waals surface area contributed by atoms with Gasteiger partial charge in [0, 0.05) is 18.7 Å². The molecule has 2 aromatic rings. The summed E-state index contributed by atoms with van der Waals surface area (Å²) in [5, 5.41) is 14.3. The van der Waals surface area contributed by atoms with Gasteiger partial charge in [-0.2, -0.15) is 5.10 Å². The number of carbonyl (C=O) groups excluding carboxylic acids is 1. The smallest absolute Gasteiger partial charge is 0.257 e. The Morgan fingerprint density at radius 3 is 2.96 bits per heavy atom. The van der Waals surface area contributed by atoms with Crippen LogP contribution in [0.15, 0.2) is 24.4 Å². The minimum Gasteiger partial charge on any atom is -0.391 e. The average Bonchev–Trinajstić information content (AvgIpc) is 3.20. The van der Waals surface area contributed by atoms with Crippen LogP contribution < -0.4 is 0 Å². The molecule has 4 rings (SSSR count). The van der Waals surface area contributed by atoms with Crippen LogP contribution in [-0.4, -0.2) is 38.3 Å². The Kier molecular flexibility index (Phi) is 4.03. The summed E-state index contributed by atoms with van der Waals surface area (Å²) in [4.78, 5) is 14.5. The van der Waals surface area contributed by atoms with Crippen LogP contribution in [0.2, 0.25) is 0 Å². The maximum atomic E-state index is 14.2. The topological polar surface area (TPSA) is 58.4 Å². The van der Waals surface area contributed by atoms with Gasteiger partial charge in [-0.3, -0.25) is 9.48 Å². The number of aliphatic hydroxyl groups is 1. The number of amides is 1. The maximum Gasteiger partial charge on any atom is 0.257 e. The summed E-state index contributed by atoms with van der Waals surface area (Å²) in [6.07, 6.45) is 3.78. The molecule has 132 valence electrons. The number of aryl methyl sites for hydroxylation is 1. The first-order valence-corrected chi connectivity index (χ1v) is 8.53. The minimum absolute atomic E-state index is 0.101. The molecule has 0 unspecified atom stereocenters. The van der Waals surface area contributed by atoms with Crippen molar-refractivity contribution in [1.29, 1.82) is 0 Å². The summed E-state index contributed by atoms with van der Waals surface area (Å²) in [5.41, 5.74) is 1.48. The van der Waals surface area contributed by atoms with Crippen LogP contribution in [-0.2, 0) is 13.0 Å². The highest BCUT2D eigenvalue weighted by Crippen LogP contribution is 2.35. The van der Waals surface area contributed by atoms with E-state index in [9.17, 15) is 18.7 Å². The molecule has 5 nitrogen and oxygen atoms in total. The zero-order valence-electron chi connectivity index (χ0n) is 13.7. The zero-order chi connectivity index (χ0) is 17.6.